The number of rotatable bonds is 5. The van der Waals surface area contributed by atoms with E-state index < -0.39 is 0 Å². The summed E-state index contributed by atoms with van der Waals surface area (Å²) in [6.45, 7) is 0.305. The van der Waals surface area contributed by atoms with E-state index in [1.165, 1.54) is 0 Å². The average molecular weight is 296 g/mol. The number of carbonyl (C=O) groups is 1. The number of carbonyl (C=O) groups excluding carboxylic acids is 1. The van der Waals surface area contributed by atoms with Crippen LogP contribution in [0.15, 0.2) is 59.2 Å². The van der Waals surface area contributed by atoms with Crippen LogP contribution >= 0.6 is 0 Å². The third-order valence-electron chi connectivity index (χ3n) is 3.43. The Hall–Kier alpha value is -2.82. The molecule has 1 aromatic heterocycles. The lowest BCUT2D eigenvalue weighted by Crippen LogP contribution is -2.27. The van der Waals surface area contributed by atoms with Crippen LogP contribution in [0.3, 0.4) is 0 Å². The second-order valence-corrected chi connectivity index (χ2v) is 4.89. The predicted molar refractivity (Wildman–Crippen MR) is 82.1 cm³/mol. The van der Waals surface area contributed by atoms with Gasteiger partial charge in [0.25, 0.3) is 0 Å². The smallest absolute Gasteiger partial charge is 0.231 e. The number of hydrogen-bond donors (Lipinski definition) is 1. The minimum Gasteiger partial charge on any atom is -0.496 e. The van der Waals surface area contributed by atoms with Crippen molar-refractivity contribution in [1.29, 1.82) is 0 Å². The summed E-state index contributed by atoms with van der Waals surface area (Å²) in [6, 6.07) is 9.38. The summed E-state index contributed by atoms with van der Waals surface area (Å²) >= 11 is 0. The first-order chi connectivity index (χ1) is 10.8. The van der Waals surface area contributed by atoms with Gasteiger partial charge in [0, 0.05) is 11.6 Å². The Morgan fingerprint density at radius 1 is 1.32 bits per heavy atom. The number of benzene rings is 1. The lowest BCUT2D eigenvalue weighted by molar-refractivity contribution is -0.122. The van der Waals surface area contributed by atoms with Crippen LogP contribution in [0.4, 0.5) is 0 Å². The van der Waals surface area contributed by atoms with Gasteiger partial charge in [-0.3, -0.25) is 4.79 Å². The van der Waals surface area contributed by atoms with Gasteiger partial charge >= 0.3 is 0 Å². The van der Waals surface area contributed by atoms with Crippen LogP contribution in [-0.2, 0) is 11.3 Å². The first kappa shape index (κ1) is 14.1. The zero-order valence-corrected chi connectivity index (χ0v) is 12.2. The van der Waals surface area contributed by atoms with Crippen LogP contribution in [0.2, 0.25) is 0 Å². The molecule has 2 aromatic rings. The summed E-state index contributed by atoms with van der Waals surface area (Å²) in [5.41, 5.74) is 1.54. The highest BCUT2D eigenvalue weighted by Gasteiger charge is 2.15. The number of nitrogens with one attached hydrogen (secondary N) is 1. The second-order valence-electron chi connectivity index (χ2n) is 4.89. The van der Waals surface area contributed by atoms with Gasteiger partial charge < -0.3 is 14.6 Å². The summed E-state index contributed by atoms with van der Waals surface area (Å²) < 4.78 is 10.6. The summed E-state index contributed by atoms with van der Waals surface area (Å²) in [5, 5.41) is 6.86. The van der Waals surface area contributed by atoms with Crippen molar-refractivity contribution >= 4 is 5.91 Å². The molecule has 5 heteroatoms. The Labute approximate surface area is 128 Å². The molecule has 112 valence electrons. The second kappa shape index (κ2) is 6.30. The number of para-hydroxylation sites is 1. The molecule has 22 heavy (non-hydrogen) atoms. The molecule has 5 nitrogen and oxygen atoms in total. The molecule has 0 saturated heterocycles. The Bertz CT molecular complexity index is 719. The normalized spacial score (nSPS) is 13.5. The molecule has 0 unspecified atom stereocenters. The maximum absolute atomic E-state index is 11.9. The fourth-order valence-electron chi connectivity index (χ4n) is 2.28. The van der Waals surface area contributed by atoms with Crippen molar-refractivity contribution in [2.45, 2.75) is 6.54 Å². The Kier molecular flexibility index (Phi) is 4.05. The molecule has 1 aromatic carbocycles. The van der Waals surface area contributed by atoms with Gasteiger partial charge in [-0.05, 0) is 12.1 Å². The molecule has 0 aliphatic heterocycles. The van der Waals surface area contributed by atoms with Crippen molar-refractivity contribution in [2.75, 3.05) is 7.11 Å². The van der Waals surface area contributed by atoms with Crippen molar-refractivity contribution in [2.24, 2.45) is 5.92 Å². The van der Waals surface area contributed by atoms with Crippen LogP contribution < -0.4 is 10.1 Å². The number of amides is 1. The SMILES string of the molecule is COc1ccccc1-c1cc(CNC(=O)C2C=CC=C2)on1. The summed E-state index contributed by atoms with van der Waals surface area (Å²) in [4.78, 5) is 11.9. The summed E-state index contributed by atoms with van der Waals surface area (Å²) in [5.74, 6) is 1.07. The molecule has 0 spiro atoms. The summed E-state index contributed by atoms with van der Waals surface area (Å²) in [6.07, 6.45) is 7.41. The molecule has 0 fully saturated rings. The van der Waals surface area contributed by atoms with Crippen LogP contribution in [0, 0.1) is 5.92 Å². The molecule has 0 saturated carbocycles. The lowest BCUT2D eigenvalue weighted by Gasteiger charge is -2.05. The van der Waals surface area contributed by atoms with Gasteiger partial charge in [0.05, 0.1) is 19.6 Å². The molecule has 3 rings (SSSR count). The van der Waals surface area contributed by atoms with E-state index in [1.54, 1.807) is 13.2 Å². The van der Waals surface area contributed by atoms with E-state index in [2.05, 4.69) is 10.5 Å². The van der Waals surface area contributed by atoms with Crippen LogP contribution in [-0.4, -0.2) is 18.2 Å². The van der Waals surface area contributed by atoms with E-state index in [0.717, 1.165) is 11.3 Å². The molecular weight excluding hydrogens is 280 g/mol. The van der Waals surface area contributed by atoms with E-state index in [4.69, 9.17) is 9.26 Å². The van der Waals surface area contributed by atoms with Gasteiger partial charge in [0.2, 0.25) is 5.91 Å². The highest BCUT2D eigenvalue weighted by molar-refractivity contribution is 5.83. The standard InChI is InChI=1S/C17H16N2O3/c1-21-16-9-5-4-8-14(16)15-10-13(22-19-15)11-18-17(20)12-6-2-3-7-12/h2-10,12H,11H2,1H3,(H,18,20). The zero-order chi connectivity index (χ0) is 15.4. The largest absolute Gasteiger partial charge is 0.496 e. The fraction of sp³-hybridized carbons (Fsp3) is 0.176. The lowest BCUT2D eigenvalue weighted by atomic mass is 10.1. The zero-order valence-electron chi connectivity index (χ0n) is 12.2. The van der Waals surface area contributed by atoms with Gasteiger partial charge in [0.15, 0.2) is 5.76 Å². The number of aromatic nitrogens is 1. The number of hydrogen-bond acceptors (Lipinski definition) is 4. The number of ether oxygens (including phenoxy) is 1. The van der Waals surface area contributed by atoms with E-state index in [9.17, 15) is 4.79 Å². The number of nitrogens with zero attached hydrogens (tertiary/aromatic N) is 1. The van der Waals surface area contributed by atoms with Gasteiger partial charge in [-0.1, -0.05) is 41.6 Å². The Morgan fingerprint density at radius 3 is 2.86 bits per heavy atom. The van der Waals surface area contributed by atoms with Gasteiger partial charge in [-0.25, -0.2) is 0 Å². The molecule has 1 heterocycles. The van der Waals surface area contributed by atoms with E-state index >= 15 is 0 Å². The van der Waals surface area contributed by atoms with Gasteiger partial charge in [-0.2, -0.15) is 0 Å². The van der Waals surface area contributed by atoms with Crippen LogP contribution in [0.5, 0.6) is 5.75 Å². The molecule has 1 aliphatic rings. The molecule has 0 bridgehead atoms. The maximum Gasteiger partial charge on any atom is 0.231 e. The Balaban J connectivity index is 1.67. The first-order valence-corrected chi connectivity index (χ1v) is 6.99. The highest BCUT2D eigenvalue weighted by Crippen LogP contribution is 2.28. The van der Waals surface area contributed by atoms with E-state index in [-0.39, 0.29) is 11.8 Å². The first-order valence-electron chi connectivity index (χ1n) is 6.99. The maximum atomic E-state index is 11.9. The third-order valence-corrected chi connectivity index (χ3v) is 3.43. The molecule has 0 radical (unpaired) electrons. The van der Waals surface area contributed by atoms with Crippen molar-refractivity contribution < 1.29 is 14.1 Å². The van der Waals surface area contributed by atoms with Crippen LogP contribution in [0.25, 0.3) is 11.3 Å². The monoisotopic (exact) mass is 296 g/mol. The van der Waals surface area contributed by atoms with Crippen LogP contribution in [0.1, 0.15) is 5.76 Å². The molecular formula is C17H16N2O3. The predicted octanol–water partition coefficient (Wildman–Crippen LogP) is 2.71. The van der Waals surface area contributed by atoms with Crippen molar-refractivity contribution in [1.82, 2.24) is 10.5 Å². The third kappa shape index (κ3) is 2.93. The van der Waals surface area contributed by atoms with E-state index in [1.807, 2.05) is 48.6 Å². The number of methoxy groups -OCH3 is 1. The molecule has 1 N–H and O–H groups in total. The fourth-order valence-corrected chi connectivity index (χ4v) is 2.28. The van der Waals surface area contributed by atoms with E-state index in [0.29, 0.717) is 18.0 Å². The van der Waals surface area contributed by atoms with Crippen molar-refractivity contribution in [3.05, 3.63) is 60.4 Å². The minimum atomic E-state index is -0.198. The van der Waals surface area contributed by atoms with Crippen molar-refractivity contribution in [3.63, 3.8) is 0 Å². The molecule has 0 atom stereocenters. The minimum absolute atomic E-state index is 0.0553. The van der Waals surface area contributed by atoms with Gasteiger partial charge in [0.1, 0.15) is 11.4 Å². The summed E-state index contributed by atoms with van der Waals surface area (Å²) in [7, 11) is 1.61. The molecule has 1 amide bonds. The highest BCUT2D eigenvalue weighted by atomic mass is 16.5. The topological polar surface area (TPSA) is 64.4 Å². The van der Waals surface area contributed by atoms with Crippen molar-refractivity contribution in [3.8, 4) is 17.0 Å². The quantitative estimate of drug-likeness (QED) is 0.921. The average Bonchev–Trinajstić information content (AvgIpc) is 3.24. The Morgan fingerprint density at radius 2 is 2.09 bits per heavy atom. The number of allylic oxidation sites excluding steroid dienone is 2. The molecule has 1 aliphatic carbocycles. The van der Waals surface area contributed by atoms with Gasteiger partial charge in [-0.15, -0.1) is 0 Å².